The van der Waals surface area contributed by atoms with E-state index in [0.717, 1.165) is 10.2 Å². The van der Waals surface area contributed by atoms with Crippen LogP contribution in [0.5, 0.6) is 0 Å². The third kappa shape index (κ3) is 4.31. The quantitative estimate of drug-likeness (QED) is 0.884. The van der Waals surface area contributed by atoms with Crippen molar-refractivity contribution in [1.29, 1.82) is 5.26 Å². The second-order valence-corrected chi connectivity index (χ2v) is 7.42. The van der Waals surface area contributed by atoms with Gasteiger partial charge in [-0.2, -0.15) is 5.26 Å². The standard InChI is InChI=1S/C15H13BrN2O2S/c16-13-4-6-14(7-5-13)18-8-9-21(19,20)15-3-1-2-12(10-15)11-17/h1-7,10,18H,8-9H2. The average molecular weight is 365 g/mol. The summed E-state index contributed by atoms with van der Waals surface area (Å²) in [5.74, 6) is -0.0298. The lowest BCUT2D eigenvalue weighted by Gasteiger charge is -2.08. The van der Waals surface area contributed by atoms with Crippen LogP contribution < -0.4 is 5.32 Å². The number of nitrogens with one attached hydrogen (secondary N) is 1. The van der Waals surface area contributed by atoms with Crippen LogP contribution in [0.3, 0.4) is 0 Å². The lowest BCUT2D eigenvalue weighted by molar-refractivity contribution is 0.596. The van der Waals surface area contributed by atoms with Crippen LogP contribution in [-0.2, 0) is 9.84 Å². The highest BCUT2D eigenvalue weighted by Gasteiger charge is 2.14. The second-order valence-electron chi connectivity index (χ2n) is 4.39. The summed E-state index contributed by atoms with van der Waals surface area (Å²) in [4.78, 5) is 0.180. The van der Waals surface area contributed by atoms with E-state index < -0.39 is 9.84 Å². The zero-order chi connectivity index (χ0) is 15.3. The maximum atomic E-state index is 12.2. The van der Waals surface area contributed by atoms with Crippen molar-refractivity contribution in [2.45, 2.75) is 4.90 Å². The zero-order valence-corrected chi connectivity index (χ0v) is 13.5. The van der Waals surface area contributed by atoms with E-state index in [-0.39, 0.29) is 10.6 Å². The predicted octanol–water partition coefficient (Wildman–Crippen LogP) is 3.21. The molecule has 0 aliphatic heterocycles. The van der Waals surface area contributed by atoms with Crippen molar-refractivity contribution in [3.63, 3.8) is 0 Å². The van der Waals surface area contributed by atoms with Gasteiger partial charge < -0.3 is 5.32 Å². The van der Waals surface area contributed by atoms with Gasteiger partial charge in [-0.25, -0.2) is 8.42 Å². The first-order valence-electron chi connectivity index (χ1n) is 6.24. The van der Waals surface area contributed by atoms with Crippen LogP contribution in [0, 0.1) is 11.3 Å². The SMILES string of the molecule is N#Cc1cccc(S(=O)(=O)CCNc2ccc(Br)cc2)c1. The highest BCUT2D eigenvalue weighted by Crippen LogP contribution is 2.15. The fraction of sp³-hybridized carbons (Fsp3) is 0.133. The van der Waals surface area contributed by atoms with Crippen molar-refractivity contribution in [2.24, 2.45) is 0 Å². The molecule has 0 amide bonds. The number of hydrogen-bond donors (Lipinski definition) is 1. The summed E-state index contributed by atoms with van der Waals surface area (Å²) in [6.45, 7) is 0.306. The van der Waals surface area contributed by atoms with Gasteiger partial charge in [0.25, 0.3) is 0 Å². The Labute approximate surface area is 132 Å². The highest BCUT2D eigenvalue weighted by molar-refractivity contribution is 9.10. The van der Waals surface area contributed by atoms with Crippen LogP contribution in [0.4, 0.5) is 5.69 Å². The first kappa shape index (κ1) is 15.5. The molecule has 0 radical (unpaired) electrons. The van der Waals surface area contributed by atoms with Crippen molar-refractivity contribution in [3.8, 4) is 6.07 Å². The number of nitrogens with zero attached hydrogens (tertiary/aromatic N) is 1. The van der Waals surface area contributed by atoms with Gasteiger partial charge >= 0.3 is 0 Å². The fourth-order valence-electron chi connectivity index (χ4n) is 1.77. The topological polar surface area (TPSA) is 70.0 Å². The second kappa shape index (κ2) is 6.74. The van der Waals surface area contributed by atoms with E-state index >= 15 is 0 Å². The molecule has 6 heteroatoms. The van der Waals surface area contributed by atoms with Crippen LogP contribution in [0.1, 0.15) is 5.56 Å². The van der Waals surface area contributed by atoms with Crippen LogP contribution in [0.25, 0.3) is 0 Å². The number of benzene rings is 2. The molecule has 2 aromatic rings. The van der Waals surface area contributed by atoms with Gasteiger partial charge in [0.05, 0.1) is 22.3 Å². The Bertz CT molecular complexity index is 765. The number of hydrogen-bond acceptors (Lipinski definition) is 4. The molecule has 2 rings (SSSR count). The molecule has 0 atom stereocenters. The third-order valence-electron chi connectivity index (χ3n) is 2.87. The summed E-state index contributed by atoms with van der Waals surface area (Å²) in [6.07, 6.45) is 0. The van der Waals surface area contributed by atoms with E-state index in [2.05, 4.69) is 21.2 Å². The normalized spacial score (nSPS) is 10.9. The van der Waals surface area contributed by atoms with Crippen LogP contribution >= 0.6 is 15.9 Å². The van der Waals surface area contributed by atoms with Crippen molar-refractivity contribution in [1.82, 2.24) is 0 Å². The minimum atomic E-state index is -3.39. The molecule has 1 N–H and O–H groups in total. The predicted molar refractivity (Wildman–Crippen MR) is 85.8 cm³/mol. The molecule has 0 saturated heterocycles. The molecule has 108 valence electrons. The van der Waals surface area contributed by atoms with Gasteiger partial charge in [-0.1, -0.05) is 22.0 Å². The first-order valence-corrected chi connectivity index (χ1v) is 8.68. The maximum absolute atomic E-state index is 12.2. The van der Waals surface area contributed by atoms with Gasteiger partial charge in [0.15, 0.2) is 9.84 Å². The lowest BCUT2D eigenvalue weighted by atomic mass is 10.2. The van der Waals surface area contributed by atoms with Gasteiger partial charge in [0, 0.05) is 16.7 Å². The Hall–Kier alpha value is -1.84. The number of nitriles is 1. The van der Waals surface area contributed by atoms with Gasteiger partial charge in [0.2, 0.25) is 0 Å². The molecule has 2 aromatic carbocycles. The van der Waals surface area contributed by atoms with E-state index in [4.69, 9.17) is 5.26 Å². The maximum Gasteiger partial charge on any atom is 0.180 e. The molecule has 0 saturated carbocycles. The van der Waals surface area contributed by atoms with Crippen LogP contribution in [0.15, 0.2) is 57.9 Å². The average Bonchev–Trinajstić information content (AvgIpc) is 2.49. The molecule has 0 bridgehead atoms. The van der Waals surface area contributed by atoms with Crippen LogP contribution in [0.2, 0.25) is 0 Å². The molecule has 21 heavy (non-hydrogen) atoms. The van der Waals surface area contributed by atoms with Crippen molar-refractivity contribution >= 4 is 31.5 Å². The summed E-state index contributed by atoms with van der Waals surface area (Å²) in [5.41, 5.74) is 1.20. The fourth-order valence-corrected chi connectivity index (χ4v) is 3.24. The number of sulfone groups is 1. The van der Waals surface area contributed by atoms with Gasteiger partial charge in [0.1, 0.15) is 0 Å². The Kier molecular flexibility index (Phi) is 4.99. The molecule has 0 unspecified atom stereocenters. The molecular formula is C15H13BrN2O2S. The minimum Gasteiger partial charge on any atom is -0.384 e. The molecule has 0 spiro atoms. The summed E-state index contributed by atoms with van der Waals surface area (Å²) < 4.78 is 25.3. The number of halogens is 1. The molecule has 0 aliphatic carbocycles. The minimum absolute atomic E-state index is 0.0298. The van der Waals surface area contributed by atoms with Crippen molar-refractivity contribution < 1.29 is 8.42 Å². The molecule has 0 aliphatic rings. The summed E-state index contributed by atoms with van der Waals surface area (Å²) in [5, 5.41) is 11.9. The van der Waals surface area contributed by atoms with Crippen LogP contribution in [-0.4, -0.2) is 20.7 Å². The molecule has 0 aromatic heterocycles. The molecule has 4 nitrogen and oxygen atoms in total. The smallest absolute Gasteiger partial charge is 0.180 e. The Morgan fingerprint density at radius 2 is 1.86 bits per heavy atom. The van der Waals surface area contributed by atoms with E-state index in [9.17, 15) is 8.42 Å². The Balaban J connectivity index is 2.01. The first-order chi connectivity index (χ1) is 10.0. The van der Waals surface area contributed by atoms with Crippen molar-refractivity contribution in [2.75, 3.05) is 17.6 Å². The Morgan fingerprint density at radius 3 is 2.52 bits per heavy atom. The van der Waals surface area contributed by atoms with Gasteiger partial charge in [-0.15, -0.1) is 0 Å². The third-order valence-corrected chi connectivity index (χ3v) is 5.11. The number of rotatable bonds is 5. The lowest BCUT2D eigenvalue weighted by Crippen LogP contribution is -2.16. The van der Waals surface area contributed by atoms with E-state index in [1.54, 1.807) is 12.1 Å². The molecular weight excluding hydrogens is 352 g/mol. The van der Waals surface area contributed by atoms with E-state index in [0.29, 0.717) is 12.1 Å². The zero-order valence-electron chi connectivity index (χ0n) is 11.1. The van der Waals surface area contributed by atoms with Crippen molar-refractivity contribution in [3.05, 3.63) is 58.6 Å². The summed E-state index contributed by atoms with van der Waals surface area (Å²) in [7, 11) is -3.39. The van der Waals surface area contributed by atoms with Gasteiger partial charge in [-0.05, 0) is 42.5 Å². The Morgan fingerprint density at radius 1 is 1.14 bits per heavy atom. The number of anilines is 1. The van der Waals surface area contributed by atoms with Gasteiger partial charge in [-0.3, -0.25) is 0 Å². The molecule has 0 fully saturated rings. The summed E-state index contributed by atoms with van der Waals surface area (Å²) in [6, 6.07) is 15.5. The highest BCUT2D eigenvalue weighted by atomic mass is 79.9. The largest absolute Gasteiger partial charge is 0.384 e. The monoisotopic (exact) mass is 364 g/mol. The summed E-state index contributed by atoms with van der Waals surface area (Å²) >= 11 is 3.34. The van der Waals surface area contributed by atoms with E-state index in [1.165, 1.54) is 12.1 Å². The van der Waals surface area contributed by atoms with E-state index in [1.807, 2.05) is 30.3 Å². The molecule has 0 heterocycles.